The predicted molar refractivity (Wildman–Crippen MR) is 125 cm³/mol. The minimum absolute atomic E-state index is 0.0347. The summed E-state index contributed by atoms with van der Waals surface area (Å²) >= 11 is 2.69. The Morgan fingerprint density at radius 2 is 1.91 bits per heavy atom. The van der Waals surface area contributed by atoms with E-state index in [2.05, 4.69) is 16.7 Å². The minimum Gasteiger partial charge on any atom is -0.478 e. The van der Waals surface area contributed by atoms with Crippen molar-refractivity contribution in [1.82, 2.24) is 5.32 Å². The van der Waals surface area contributed by atoms with Crippen LogP contribution in [-0.4, -0.2) is 28.5 Å². The van der Waals surface area contributed by atoms with Gasteiger partial charge in [0.25, 0.3) is 0 Å². The summed E-state index contributed by atoms with van der Waals surface area (Å²) in [4.78, 5) is 36.7. The second-order valence-electron chi connectivity index (χ2n) is 7.19. The molecule has 3 N–H and O–H groups in total. The van der Waals surface area contributed by atoms with Gasteiger partial charge >= 0.3 is 5.97 Å². The van der Waals surface area contributed by atoms with Crippen molar-refractivity contribution in [2.75, 3.05) is 11.1 Å². The first-order valence-electron chi connectivity index (χ1n) is 9.66. The Labute approximate surface area is 193 Å². The van der Waals surface area contributed by atoms with Gasteiger partial charge in [-0.3, -0.25) is 9.59 Å². The van der Waals surface area contributed by atoms with Crippen LogP contribution in [0.2, 0.25) is 0 Å². The first kappa shape index (κ1) is 23.3. The Morgan fingerprint density at radius 3 is 2.44 bits per heavy atom. The van der Waals surface area contributed by atoms with Crippen molar-refractivity contribution in [3.8, 4) is 6.07 Å². The molecule has 1 aliphatic rings. The molecule has 32 heavy (non-hydrogen) atoms. The van der Waals surface area contributed by atoms with E-state index in [9.17, 15) is 19.6 Å². The molecule has 1 aromatic carbocycles. The fraction of sp³-hybridized carbons (Fsp3) is 0.217. The highest BCUT2D eigenvalue weighted by Gasteiger charge is 2.34. The van der Waals surface area contributed by atoms with Crippen LogP contribution in [0.5, 0.6) is 0 Å². The molecule has 1 aliphatic heterocycles. The third kappa shape index (κ3) is 4.93. The van der Waals surface area contributed by atoms with Gasteiger partial charge in [0.15, 0.2) is 5.78 Å². The zero-order chi connectivity index (χ0) is 23.4. The number of nitrogens with zero attached hydrogens (tertiary/aromatic N) is 1. The maximum Gasteiger partial charge on any atom is 0.335 e. The van der Waals surface area contributed by atoms with Crippen molar-refractivity contribution < 1.29 is 19.5 Å². The summed E-state index contributed by atoms with van der Waals surface area (Å²) in [5.74, 6) is -1.87. The van der Waals surface area contributed by atoms with Gasteiger partial charge in [0.2, 0.25) is 5.91 Å². The molecule has 2 aromatic rings. The first-order chi connectivity index (χ1) is 15.2. The average molecular weight is 468 g/mol. The summed E-state index contributed by atoms with van der Waals surface area (Å²) in [5.41, 5.74) is 3.25. The zero-order valence-electron chi connectivity index (χ0n) is 17.7. The smallest absolute Gasteiger partial charge is 0.335 e. The fourth-order valence-corrected chi connectivity index (χ4v) is 5.40. The number of dihydropyridines is 1. The first-order valence-corrected chi connectivity index (χ1v) is 11.5. The molecule has 0 unspecified atom stereocenters. The number of anilines is 1. The molecule has 0 spiro atoms. The van der Waals surface area contributed by atoms with Crippen LogP contribution in [0.25, 0.3) is 0 Å². The van der Waals surface area contributed by atoms with Crippen LogP contribution in [0.1, 0.15) is 40.6 Å². The summed E-state index contributed by atoms with van der Waals surface area (Å²) in [7, 11) is 0. The molecule has 3 rings (SSSR count). The lowest BCUT2D eigenvalue weighted by Gasteiger charge is -2.29. The maximum atomic E-state index is 12.4. The normalized spacial score (nSPS) is 15.8. The minimum atomic E-state index is -1.04. The van der Waals surface area contributed by atoms with E-state index in [4.69, 9.17) is 5.11 Å². The number of rotatable bonds is 7. The molecule has 0 fully saturated rings. The van der Waals surface area contributed by atoms with E-state index >= 15 is 0 Å². The Hall–Kier alpha value is -3.35. The SMILES string of the molecule is CC(=O)C1=C(C)NC(SCC(=O)Nc2ccc(C(=O)O)cc2)=C(C#N)[C@@H]1c1sccc1C. The van der Waals surface area contributed by atoms with E-state index in [-0.39, 0.29) is 23.0 Å². The van der Waals surface area contributed by atoms with Gasteiger partial charge in [-0.05, 0) is 62.0 Å². The van der Waals surface area contributed by atoms with Crippen LogP contribution < -0.4 is 10.6 Å². The second kappa shape index (κ2) is 9.85. The van der Waals surface area contributed by atoms with Crippen molar-refractivity contribution in [3.05, 3.63) is 73.6 Å². The van der Waals surface area contributed by atoms with Gasteiger partial charge in [-0.1, -0.05) is 11.8 Å². The average Bonchev–Trinajstić information content (AvgIpc) is 3.17. The number of hydrogen-bond donors (Lipinski definition) is 3. The van der Waals surface area contributed by atoms with Gasteiger partial charge in [0.1, 0.15) is 0 Å². The quantitative estimate of drug-likeness (QED) is 0.552. The lowest BCUT2D eigenvalue weighted by atomic mass is 9.84. The Kier molecular flexibility index (Phi) is 7.18. The number of amides is 1. The number of thioether (sulfide) groups is 1. The number of aromatic carboxylic acids is 1. The van der Waals surface area contributed by atoms with E-state index < -0.39 is 11.9 Å². The van der Waals surface area contributed by atoms with Gasteiger partial charge in [0.05, 0.1) is 33.9 Å². The van der Waals surface area contributed by atoms with Crippen molar-refractivity contribution in [1.29, 1.82) is 5.26 Å². The number of ketones is 1. The van der Waals surface area contributed by atoms with Crippen molar-refractivity contribution >= 4 is 46.4 Å². The monoisotopic (exact) mass is 467 g/mol. The number of thiophene rings is 1. The van der Waals surface area contributed by atoms with Crippen LogP contribution in [-0.2, 0) is 9.59 Å². The van der Waals surface area contributed by atoms with E-state index in [0.29, 0.717) is 27.6 Å². The number of carbonyl (C=O) groups is 3. The third-order valence-corrected chi connectivity index (χ3v) is 7.05. The summed E-state index contributed by atoms with van der Waals surface area (Å²) in [6, 6.07) is 10.1. The Bertz CT molecular complexity index is 1190. The van der Waals surface area contributed by atoms with Gasteiger partial charge in [-0.25, -0.2) is 4.79 Å². The summed E-state index contributed by atoms with van der Waals surface area (Å²) in [6.45, 7) is 5.24. The van der Waals surface area contributed by atoms with Crippen LogP contribution >= 0.6 is 23.1 Å². The van der Waals surface area contributed by atoms with Crippen LogP contribution in [0.3, 0.4) is 0 Å². The molecule has 164 valence electrons. The summed E-state index contributed by atoms with van der Waals surface area (Å²) in [5, 5.41) is 27.2. The van der Waals surface area contributed by atoms with Crippen LogP contribution in [0, 0.1) is 18.3 Å². The van der Waals surface area contributed by atoms with Gasteiger partial charge < -0.3 is 15.7 Å². The number of benzene rings is 1. The number of allylic oxidation sites excluding steroid dienone is 3. The van der Waals surface area contributed by atoms with E-state index in [0.717, 1.165) is 10.4 Å². The van der Waals surface area contributed by atoms with E-state index in [1.165, 1.54) is 54.3 Å². The summed E-state index contributed by atoms with van der Waals surface area (Å²) < 4.78 is 0. The topological polar surface area (TPSA) is 119 Å². The largest absolute Gasteiger partial charge is 0.478 e. The molecular weight excluding hydrogens is 446 g/mol. The highest BCUT2D eigenvalue weighted by molar-refractivity contribution is 8.03. The number of carbonyl (C=O) groups excluding carboxylic acids is 2. The standard InChI is InChI=1S/C23H21N3O4S2/c1-12-8-9-31-21(12)20-17(10-24)22(25-13(2)19(20)14(3)27)32-11-18(28)26-16-6-4-15(5-7-16)23(29)30/h4-9,20,25H,11H2,1-3H3,(H,26,28)(H,29,30)/t20-/m0/s1. The van der Waals surface area contributed by atoms with Crippen molar-refractivity contribution in [3.63, 3.8) is 0 Å². The highest BCUT2D eigenvalue weighted by atomic mass is 32.2. The number of aryl methyl sites for hydroxylation is 1. The molecule has 1 aromatic heterocycles. The fourth-order valence-electron chi connectivity index (χ4n) is 3.47. The second-order valence-corrected chi connectivity index (χ2v) is 9.13. The van der Waals surface area contributed by atoms with Gasteiger partial charge in [-0.15, -0.1) is 11.3 Å². The van der Waals surface area contributed by atoms with Gasteiger partial charge in [0, 0.05) is 21.8 Å². The maximum absolute atomic E-state index is 12.4. The lowest BCUT2D eigenvalue weighted by Crippen LogP contribution is -2.27. The highest BCUT2D eigenvalue weighted by Crippen LogP contribution is 2.43. The van der Waals surface area contributed by atoms with Gasteiger partial charge in [-0.2, -0.15) is 5.26 Å². The number of carboxylic acid groups (broad SMARTS) is 1. The molecule has 1 atom stereocenters. The number of nitriles is 1. The molecule has 2 heterocycles. The molecular formula is C23H21N3O4S2. The number of nitrogens with one attached hydrogen (secondary N) is 2. The van der Waals surface area contributed by atoms with E-state index in [1.54, 1.807) is 6.92 Å². The predicted octanol–water partition coefficient (Wildman–Crippen LogP) is 4.41. The van der Waals surface area contributed by atoms with Crippen LogP contribution in [0.15, 0.2) is 57.6 Å². The molecule has 7 nitrogen and oxygen atoms in total. The van der Waals surface area contributed by atoms with E-state index in [1.807, 2.05) is 18.4 Å². The number of carboxylic acids is 1. The molecule has 0 aliphatic carbocycles. The number of Topliss-reactive ketones (excluding diaryl/α,β-unsaturated/α-hetero) is 1. The Balaban J connectivity index is 1.81. The molecule has 0 saturated carbocycles. The zero-order valence-corrected chi connectivity index (χ0v) is 19.3. The molecule has 0 radical (unpaired) electrons. The molecule has 9 heteroatoms. The molecule has 0 bridgehead atoms. The molecule has 0 saturated heterocycles. The molecule has 1 amide bonds. The third-order valence-electron chi connectivity index (χ3n) is 4.95. The van der Waals surface area contributed by atoms with Crippen LogP contribution in [0.4, 0.5) is 5.69 Å². The summed E-state index contributed by atoms with van der Waals surface area (Å²) in [6.07, 6.45) is 0. The lowest BCUT2D eigenvalue weighted by molar-refractivity contribution is -0.114. The number of hydrogen-bond acceptors (Lipinski definition) is 7. The van der Waals surface area contributed by atoms with Crippen molar-refractivity contribution in [2.24, 2.45) is 0 Å². The van der Waals surface area contributed by atoms with Crippen molar-refractivity contribution in [2.45, 2.75) is 26.7 Å². The Morgan fingerprint density at radius 1 is 1.22 bits per heavy atom.